The van der Waals surface area contributed by atoms with E-state index in [0.717, 1.165) is 42.2 Å². The van der Waals surface area contributed by atoms with Crippen LogP contribution in [0, 0.1) is 0 Å². The van der Waals surface area contributed by atoms with Crippen molar-refractivity contribution in [2.45, 2.75) is 6.92 Å². The lowest BCUT2D eigenvalue weighted by atomic mass is 10.1. The third-order valence-electron chi connectivity index (χ3n) is 4.46. The van der Waals surface area contributed by atoms with Gasteiger partial charge >= 0.3 is 0 Å². The predicted molar refractivity (Wildman–Crippen MR) is 97.3 cm³/mol. The lowest BCUT2D eigenvalue weighted by Crippen LogP contribution is -2.48. The van der Waals surface area contributed by atoms with Crippen molar-refractivity contribution in [1.29, 1.82) is 0 Å². The van der Waals surface area contributed by atoms with Crippen LogP contribution in [0.4, 0.5) is 5.82 Å². The first-order chi connectivity index (χ1) is 11.7. The van der Waals surface area contributed by atoms with Crippen LogP contribution in [-0.4, -0.2) is 47.0 Å². The van der Waals surface area contributed by atoms with Crippen molar-refractivity contribution in [3.8, 4) is 11.1 Å². The van der Waals surface area contributed by atoms with Crippen molar-refractivity contribution in [3.63, 3.8) is 0 Å². The van der Waals surface area contributed by atoms with E-state index in [1.165, 1.54) is 11.1 Å². The van der Waals surface area contributed by atoms with Crippen LogP contribution in [0.15, 0.2) is 42.0 Å². The first-order valence-corrected chi connectivity index (χ1v) is 8.90. The van der Waals surface area contributed by atoms with Gasteiger partial charge in [-0.15, -0.1) is 11.3 Å². The van der Waals surface area contributed by atoms with Gasteiger partial charge in [0.05, 0.1) is 5.39 Å². The van der Waals surface area contributed by atoms with Crippen LogP contribution in [-0.2, 0) is 4.79 Å². The van der Waals surface area contributed by atoms with Gasteiger partial charge in [-0.05, 0) is 5.56 Å². The second-order valence-electron chi connectivity index (χ2n) is 5.89. The summed E-state index contributed by atoms with van der Waals surface area (Å²) in [7, 11) is 0. The SMILES string of the molecule is CC(=O)N1CCN(c2ncnc3scc(-c4ccccc4)c23)CC1. The zero-order chi connectivity index (χ0) is 16.5. The average Bonchev–Trinajstić information content (AvgIpc) is 3.07. The molecule has 1 aromatic carbocycles. The third-order valence-corrected chi connectivity index (χ3v) is 5.35. The summed E-state index contributed by atoms with van der Waals surface area (Å²) in [6.45, 7) is 4.72. The zero-order valence-corrected chi connectivity index (χ0v) is 14.3. The molecule has 1 amide bonds. The van der Waals surface area contributed by atoms with Gasteiger partial charge < -0.3 is 9.80 Å². The highest BCUT2D eigenvalue weighted by atomic mass is 32.1. The van der Waals surface area contributed by atoms with E-state index in [-0.39, 0.29) is 5.91 Å². The third kappa shape index (κ3) is 2.63. The number of anilines is 1. The molecule has 0 radical (unpaired) electrons. The Morgan fingerprint density at radius 1 is 1.08 bits per heavy atom. The van der Waals surface area contributed by atoms with E-state index in [0.29, 0.717) is 0 Å². The number of hydrogen-bond donors (Lipinski definition) is 0. The van der Waals surface area contributed by atoms with Gasteiger partial charge in [0.15, 0.2) is 0 Å². The van der Waals surface area contributed by atoms with Crippen molar-refractivity contribution in [3.05, 3.63) is 42.0 Å². The fraction of sp³-hybridized carbons (Fsp3) is 0.278. The summed E-state index contributed by atoms with van der Waals surface area (Å²) in [6.07, 6.45) is 1.64. The summed E-state index contributed by atoms with van der Waals surface area (Å²) in [5, 5.41) is 3.27. The van der Waals surface area contributed by atoms with Gasteiger partial charge in [-0.1, -0.05) is 30.3 Å². The number of fused-ring (bicyclic) bond motifs is 1. The van der Waals surface area contributed by atoms with Crippen molar-refractivity contribution in [1.82, 2.24) is 14.9 Å². The Kier molecular flexibility index (Phi) is 3.90. The molecule has 1 aliphatic heterocycles. The van der Waals surface area contributed by atoms with Gasteiger partial charge in [0, 0.05) is 44.0 Å². The van der Waals surface area contributed by atoms with Gasteiger partial charge in [0.2, 0.25) is 5.91 Å². The second-order valence-corrected chi connectivity index (χ2v) is 6.74. The van der Waals surface area contributed by atoms with Crippen LogP contribution in [0.25, 0.3) is 21.3 Å². The van der Waals surface area contributed by atoms with Crippen LogP contribution in [0.5, 0.6) is 0 Å². The smallest absolute Gasteiger partial charge is 0.219 e. The van der Waals surface area contributed by atoms with Crippen molar-refractivity contribution in [2.24, 2.45) is 0 Å². The van der Waals surface area contributed by atoms with E-state index in [2.05, 4.69) is 32.4 Å². The Morgan fingerprint density at radius 2 is 1.83 bits per heavy atom. The number of amides is 1. The number of benzene rings is 1. The molecule has 24 heavy (non-hydrogen) atoms. The molecule has 0 bridgehead atoms. The number of nitrogens with zero attached hydrogens (tertiary/aromatic N) is 4. The van der Waals surface area contributed by atoms with E-state index < -0.39 is 0 Å². The molecule has 1 aliphatic rings. The van der Waals surface area contributed by atoms with Crippen LogP contribution >= 0.6 is 11.3 Å². The highest BCUT2D eigenvalue weighted by Crippen LogP contribution is 2.37. The van der Waals surface area contributed by atoms with Crippen LogP contribution in [0.3, 0.4) is 0 Å². The number of piperazine rings is 1. The topological polar surface area (TPSA) is 49.3 Å². The molecule has 0 N–H and O–H groups in total. The molecule has 3 aromatic rings. The summed E-state index contributed by atoms with van der Waals surface area (Å²) in [4.78, 5) is 25.7. The molecule has 6 heteroatoms. The van der Waals surface area contributed by atoms with Gasteiger partial charge in [0.25, 0.3) is 0 Å². The molecule has 0 spiro atoms. The first-order valence-electron chi connectivity index (χ1n) is 8.02. The highest BCUT2D eigenvalue weighted by molar-refractivity contribution is 7.17. The number of rotatable bonds is 2. The molecule has 3 heterocycles. The lowest BCUT2D eigenvalue weighted by molar-refractivity contribution is -0.129. The molecule has 2 aromatic heterocycles. The minimum atomic E-state index is 0.142. The molecule has 1 saturated heterocycles. The number of thiophene rings is 1. The van der Waals surface area contributed by atoms with Crippen LogP contribution < -0.4 is 4.90 Å². The molecule has 5 nitrogen and oxygen atoms in total. The quantitative estimate of drug-likeness (QED) is 0.721. The second kappa shape index (κ2) is 6.20. The number of carbonyl (C=O) groups excluding carboxylic acids is 1. The summed E-state index contributed by atoms with van der Waals surface area (Å²) >= 11 is 1.65. The van der Waals surface area contributed by atoms with E-state index in [9.17, 15) is 4.79 Å². The Morgan fingerprint density at radius 3 is 2.54 bits per heavy atom. The molecule has 0 aliphatic carbocycles. The summed E-state index contributed by atoms with van der Waals surface area (Å²) in [5.41, 5.74) is 2.36. The predicted octanol–water partition coefficient (Wildman–Crippen LogP) is 3.03. The standard InChI is InChI=1S/C18H18N4OS/c1-13(23)21-7-9-22(10-8-21)17-16-15(14-5-3-2-4-6-14)11-24-18(16)20-12-19-17/h2-6,11-12H,7-10H2,1H3. The first kappa shape index (κ1) is 15.1. The Hall–Kier alpha value is -2.47. The summed E-state index contributed by atoms with van der Waals surface area (Å²) in [5.74, 6) is 1.12. The molecular formula is C18H18N4OS. The average molecular weight is 338 g/mol. The minimum absolute atomic E-state index is 0.142. The monoisotopic (exact) mass is 338 g/mol. The summed E-state index contributed by atoms with van der Waals surface area (Å²) < 4.78 is 0. The van der Waals surface area contributed by atoms with E-state index in [1.54, 1.807) is 24.6 Å². The Labute approximate surface area is 144 Å². The maximum Gasteiger partial charge on any atom is 0.219 e. The molecule has 4 rings (SSSR count). The van der Waals surface area contributed by atoms with Gasteiger partial charge in [-0.25, -0.2) is 9.97 Å². The number of hydrogen-bond acceptors (Lipinski definition) is 5. The maximum absolute atomic E-state index is 11.5. The highest BCUT2D eigenvalue weighted by Gasteiger charge is 2.23. The largest absolute Gasteiger partial charge is 0.352 e. The van der Waals surface area contributed by atoms with Crippen molar-refractivity contribution < 1.29 is 4.79 Å². The fourth-order valence-electron chi connectivity index (χ4n) is 3.16. The van der Waals surface area contributed by atoms with Crippen LogP contribution in [0.1, 0.15) is 6.92 Å². The minimum Gasteiger partial charge on any atom is -0.352 e. The lowest BCUT2D eigenvalue weighted by Gasteiger charge is -2.35. The summed E-state index contributed by atoms with van der Waals surface area (Å²) in [6, 6.07) is 10.4. The van der Waals surface area contributed by atoms with Crippen molar-refractivity contribution in [2.75, 3.05) is 31.1 Å². The van der Waals surface area contributed by atoms with Crippen LogP contribution in [0.2, 0.25) is 0 Å². The normalized spacial score (nSPS) is 15.0. The number of aromatic nitrogens is 2. The van der Waals surface area contributed by atoms with Gasteiger partial charge in [-0.3, -0.25) is 4.79 Å². The Bertz CT molecular complexity index is 869. The molecule has 0 unspecified atom stereocenters. The van der Waals surface area contributed by atoms with E-state index in [4.69, 9.17) is 0 Å². The zero-order valence-electron chi connectivity index (χ0n) is 13.5. The van der Waals surface area contributed by atoms with E-state index in [1.807, 2.05) is 23.1 Å². The van der Waals surface area contributed by atoms with E-state index >= 15 is 0 Å². The maximum atomic E-state index is 11.5. The molecule has 122 valence electrons. The molecular weight excluding hydrogens is 320 g/mol. The van der Waals surface area contributed by atoms with Crippen molar-refractivity contribution >= 4 is 33.3 Å². The molecule has 0 saturated carbocycles. The molecule has 0 atom stereocenters. The molecule has 1 fully saturated rings. The number of carbonyl (C=O) groups is 1. The van der Waals surface area contributed by atoms with Gasteiger partial charge in [-0.2, -0.15) is 0 Å². The fourth-order valence-corrected chi connectivity index (χ4v) is 4.07. The Balaban J connectivity index is 1.74. The van der Waals surface area contributed by atoms with Gasteiger partial charge in [0.1, 0.15) is 17.0 Å².